The minimum Gasteiger partial charge on any atom is -0.465 e. The Morgan fingerprint density at radius 3 is 2.93 bits per heavy atom. The van der Waals surface area contributed by atoms with Gasteiger partial charge in [0.05, 0.1) is 12.7 Å². The molecule has 2 aromatic rings. The number of carbonyl (C=O) groups excluding carboxylic acids is 2. The third kappa shape index (κ3) is 4.64. The Labute approximate surface area is 158 Å². The highest BCUT2D eigenvalue weighted by molar-refractivity contribution is 5.94. The van der Waals surface area contributed by atoms with Gasteiger partial charge >= 0.3 is 12.0 Å². The fraction of sp³-hybridized carbons (Fsp3) is 0.474. The monoisotopic (exact) mass is 371 g/mol. The zero-order valence-corrected chi connectivity index (χ0v) is 15.7. The minimum absolute atomic E-state index is 0.302. The molecular weight excluding hydrogens is 346 g/mol. The van der Waals surface area contributed by atoms with E-state index in [4.69, 9.17) is 4.74 Å². The Hall–Kier alpha value is -2.90. The molecule has 2 heterocycles. The molecular formula is C19H25N5O3. The summed E-state index contributed by atoms with van der Waals surface area (Å²) in [5, 5.41) is 14.1. The van der Waals surface area contributed by atoms with Gasteiger partial charge in [0, 0.05) is 31.6 Å². The number of esters is 1. The van der Waals surface area contributed by atoms with Crippen LogP contribution in [0.5, 0.6) is 0 Å². The molecule has 0 bridgehead atoms. The van der Waals surface area contributed by atoms with Gasteiger partial charge in [0.25, 0.3) is 0 Å². The van der Waals surface area contributed by atoms with E-state index < -0.39 is 5.97 Å². The number of hydrogen-bond acceptors (Lipinski definition) is 5. The van der Waals surface area contributed by atoms with Crippen LogP contribution in [0.15, 0.2) is 18.2 Å². The van der Waals surface area contributed by atoms with Crippen LogP contribution in [0.3, 0.4) is 0 Å². The zero-order valence-electron chi connectivity index (χ0n) is 15.7. The number of aromatic nitrogens is 3. The van der Waals surface area contributed by atoms with Crippen LogP contribution >= 0.6 is 0 Å². The Morgan fingerprint density at radius 1 is 1.26 bits per heavy atom. The molecule has 0 radical (unpaired) electrons. The number of urea groups is 1. The van der Waals surface area contributed by atoms with Crippen LogP contribution < -0.4 is 10.6 Å². The number of fused-ring (bicyclic) bond motifs is 1. The van der Waals surface area contributed by atoms with Crippen molar-refractivity contribution in [2.75, 3.05) is 19.0 Å². The van der Waals surface area contributed by atoms with Gasteiger partial charge in [0.15, 0.2) is 0 Å². The molecule has 3 rings (SSSR count). The van der Waals surface area contributed by atoms with Gasteiger partial charge in [0.1, 0.15) is 11.6 Å². The first-order chi connectivity index (χ1) is 13.1. The molecule has 2 N–H and O–H groups in total. The second kappa shape index (κ2) is 8.66. The summed E-state index contributed by atoms with van der Waals surface area (Å²) in [4.78, 5) is 23.8. The van der Waals surface area contributed by atoms with Crippen molar-refractivity contribution in [2.24, 2.45) is 0 Å². The van der Waals surface area contributed by atoms with Gasteiger partial charge in [0.2, 0.25) is 0 Å². The highest BCUT2D eigenvalue weighted by Crippen LogP contribution is 2.18. The van der Waals surface area contributed by atoms with E-state index in [0.29, 0.717) is 17.8 Å². The lowest BCUT2D eigenvalue weighted by molar-refractivity contribution is 0.0600. The lowest BCUT2D eigenvalue weighted by Crippen LogP contribution is -2.30. The van der Waals surface area contributed by atoms with Crippen LogP contribution in [0.1, 0.15) is 46.8 Å². The highest BCUT2D eigenvalue weighted by Gasteiger charge is 2.15. The second-order valence-electron chi connectivity index (χ2n) is 6.65. The molecule has 2 amide bonds. The first-order valence-corrected chi connectivity index (χ1v) is 9.23. The van der Waals surface area contributed by atoms with Crippen molar-refractivity contribution >= 4 is 17.7 Å². The van der Waals surface area contributed by atoms with Crippen LogP contribution in [-0.2, 0) is 24.1 Å². The Balaban J connectivity index is 1.47. The predicted molar refractivity (Wildman–Crippen MR) is 101 cm³/mol. The Morgan fingerprint density at radius 2 is 2.11 bits per heavy atom. The quantitative estimate of drug-likeness (QED) is 0.600. The van der Waals surface area contributed by atoms with Crippen molar-refractivity contribution < 1.29 is 14.3 Å². The van der Waals surface area contributed by atoms with Crippen molar-refractivity contribution in [3.05, 3.63) is 41.0 Å². The number of aryl methyl sites for hydroxylation is 3. The summed E-state index contributed by atoms with van der Waals surface area (Å²) in [6.07, 6.45) is 4.91. The summed E-state index contributed by atoms with van der Waals surface area (Å²) in [7, 11) is 1.33. The summed E-state index contributed by atoms with van der Waals surface area (Å²) < 4.78 is 6.91. The van der Waals surface area contributed by atoms with Crippen molar-refractivity contribution in [1.82, 2.24) is 20.1 Å². The number of methoxy groups -OCH3 is 1. The third-order valence-corrected chi connectivity index (χ3v) is 4.71. The number of nitrogens with zero attached hydrogens (tertiary/aromatic N) is 3. The molecule has 1 aliphatic heterocycles. The zero-order chi connectivity index (χ0) is 19.2. The number of benzene rings is 1. The molecule has 0 spiro atoms. The van der Waals surface area contributed by atoms with Gasteiger partial charge in [-0.05, 0) is 43.9 Å². The van der Waals surface area contributed by atoms with Crippen LogP contribution in [0.2, 0.25) is 0 Å². The molecule has 8 heteroatoms. The van der Waals surface area contributed by atoms with Gasteiger partial charge in [-0.2, -0.15) is 0 Å². The number of rotatable bonds is 6. The predicted octanol–water partition coefficient (Wildman–Crippen LogP) is 2.46. The average molecular weight is 371 g/mol. The molecule has 8 nitrogen and oxygen atoms in total. The van der Waals surface area contributed by atoms with Crippen molar-refractivity contribution in [1.29, 1.82) is 0 Å². The van der Waals surface area contributed by atoms with Crippen LogP contribution in [-0.4, -0.2) is 40.4 Å². The van der Waals surface area contributed by atoms with E-state index >= 15 is 0 Å². The normalized spacial score (nSPS) is 13.0. The van der Waals surface area contributed by atoms with Crippen LogP contribution in [0.4, 0.5) is 10.5 Å². The molecule has 1 aliphatic rings. The number of ether oxygens (including phenoxy) is 1. The third-order valence-electron chi connectivity index (χ3n) is 4.71. The van der Waals surface area contributed by atoms with Crippen molar-refractivity contribution in [2.45, 2.75) is 45.6 Å². The standard InChI is InChI=1S/C19H25N5O3/c1-13-8-9-14(18(25)27-2)12-15(13)21-19(26)20-10-5-7-17-23-22-16-6-3-4-11-24(16)17/h8-9,12H,3-7,10-11H2,1-2H3,(H2,20,21,26). The van der Waals surface area contributed by atoms with Gasteiger partial charge in [-0.3, -0.25) is 0 Å². The summed E-state index contributed by atoms with van der Waals surface area (Å²) in [5.74, 6) is 1.63. The molecule has 0 atom stereocenters. The first-order valence-electron chi connectivity index (χ1n) is 9.23. The molecule has 1 aromatic heterocycles. The highest BCUT2D eigenvalue weighted by atomic mass is 16.5. The first kappa shape index (κ1) is 18.9. The van der Waals surface area contributed by atoms with E-state index in [9.17, 15) is 9.59 Å². The maximum atomic E-state index is 12.1. The van der Waals surface area contributed by atoms with Crippen LogP contribution in [0.25, 0.3) is 0 Å². The Bertz CT molecular complexity index is 831. The minimum atomic E-state index is -0.435. The number of nitrogens with one attached hydrogen (secondary N) is 2. The summed E-state index contributed by atoms with van der Waals surface area (Å²) >= 11 is 0. The largest absolute Gasteiger partial charge is 0.465 e. The smallest absolute Gasteiger partial charge is 0.337 e. The van der Waals surface area contributed by atoms with Gasteiger partial charge in [-0.25, -0.2) is 9.59 Å². The number of anilines is 1. The molecule has 144 valence electrons. The number of carbonyl (C=O) groups is 2. The van der Waals surface area contributed by atoms with E-state index in [1.165, 1.54) is 20.0 Å². The topological polar surface area (TPSA) is 98.1 Å². The van der Waals surface area contributed by atoms with E-state index in [1.807, 2.05) is 6.92 Å². The molecule has 0 aliphatic carbocycles. The maximum absolute atomic E-state index is 12.1. The van der Waals surface area contributed by atoms with Crippen molar-refractivity contribution in [3.8, 4) is 0 Å². The van der Waals surface area contributed by atoms with Crippen molar-refractivity contribution in [3.63, 3.8) is 0 Å². The molecule has 1 aromatic carbocycles. The summed E-state index contributed by atoms with van der Waals surface area (Å²) in [6, 6.07) is 4.76. The van der Waals surface area contributed by atoms with E-state index in [1.54, 1.807) is 18.2 Å². The molecule has 0 fully saturated rings. The number of hydrogen-bond donors (Lipinski definition) is 2. The van der Waals surface area contributed by atoms with Crippen LogP contribution in [0, 0.1) is 6.92 Å². The summed E-state index contributed by atoms with van der Waals surface area (Å²) in [6.45, 7) is 3.39. The molecule has 0 saturated heterocycles. The molecule has 0 saturated carbocycles. The SMILES string of the molecule is COC(=O)c1ccc(C)c(NC(=O)NCCCc2nnc3n2CCCC3)c1. The van der Waals surface area contributed by atoms with E-state index in [2.05, 4.69) is 25.4 Å². The van der Waals surface area contributed by atoms with E-state index in [-0.39, 0.29) is 6.03 Å². The maximum Gasteiger partial charge on any atom is 0.337 e. The van der Waals surface area contributed by atoms with Gasteiger partial charge in [-0.1, -0.05) is 6.07 Å². The lowest BCUT2D eigenvalue weighted by atomic mass is 10.1. The lowest BCUT2D eigenvalue weighted by Gasteiger charge is -2.14. The second-order valence-corrected chi connectivity index (χ2v) is 6.65. The average Bonchev–Trinajstić information content (AvgIpc) is 3.09. The summed E-state index contributed by atoms with van der Waals surface area (Å²) in [5.41, 5.74) is 1.85. The molecule has 27 heavy (non-hydrogen) atoms. The van der Waals surface area contributed by atoms with Gasteiger partial charge < -0.3 is 19.9 Å². The molecule has 0 unspecified atom stereocenters. The number of amides is 2. The van der Waals surface area contributed by atoms with Gasteiger partial charge in [-0.15, -0.1) is 10.2 Å². The fourth-order valence-electron chi connectivity index (χ4n) is 3.17. The van der Waals surface area contributed by atoms with E-state index in [0.717, 1.165) is 43.0 Å². The fourth-order valence-corrected chi connectivity index (χ4v) is 3.17. The Kier molecular flexibility index (Phi) is 6.05.